The minimum Gasteiger partial charge on any atom is -0.385 e. The molecule has 0 aliphatic heterocycles. The fourth-order valence-corrected chi connectivity index (χ4v) is 2.15. The summed E-state index contributed by atoms with van der Waals surface area (Å²) in [6.07, 6.45) is 2.32. The van der Waals surface area contributed by atoms with E-state index in [1.807, 2.05) is 43.7 Å². The molecule has 0 unspecified atom stereocenters. The van der Waals surface area contributed by atoms with Gasteiger partial charge in [0.2, 0.25) is 0 Å². The molecule has 0 spiro atoms. The van der Waals surface area contributed by atoms with Crippen LogP contribution >= 0.6 is 0 Å². The number of amides is 1. The summed E-state index contributed by atoms with van der Waals surface area (Å²) < 4.78 is 1.85. The molecule has 0 atom stereocenters. The minimum atomic E-state index is -0.0577. The van der Waals surface area contributed by atoms with Gasteiger partial charge in [0, 0.05) is 37.8 Å². The first-order valence-corrected chi connectivity index (χ1v) is 7.07. The zero-order valence-electron chi connectivity index (χ0n) is 12.7. The van der Waals surface area contributed by atoms with Crippen LogP contribution in [0.15, 0.2) is 24.5 Å². The molecule has 1 aromatic carbocycles. The number of benzene rings is 1. The Balaban J connectivity index is 1.92. The Kier molecular flexibility index (Phi) is 4.92. The summed E-state index contributed by atoms with van der Waals surface area (Å²) in [5, 5.41) is 13.9. The summed E-state index contributed by atoms with van der Waals surface area (Å²) in [7, 11) is 1.89. The van der Waals surface area contributed by atoms with Crippen molar-refractivity contribution in [2.24, 2.45) is 7.05 Å². The molecule has 21 heavy (non-hydrogen) atoms. The van der Waals surface area contributed by atoms with Gasteiger partial charge in [-0.15, -0.1) is 10.2 Å². The number of nitrogens with zero attached hydrogens (tertiary/aromatic N) is 3. The summed E-state index contributed by atoms with van der Waals surface area (Å²) in [6, 6.07) is 5.76. The number of nitrogens with one attached hydrogen (secondary N) is 2. The molecular formula is C15H21N5O. The quantitative estimate of drug-likeness (QED) is 0.845. The van der Waals surface area contributed by atoms with Gasteiger partial charge in [0.15, 0.2) is 0 Å². The van der Waals surface area contributed by atoms with Gasteiger partial charge in [0.05, 0.1) is 0 Å². The van der Waals surface area contributed by atoms with Crippen LogP contribution in [0.25, 0.3) is 0 Å². The lowest BCUT2D eigenvalue weighted by molar-refractivity contribution is 0.0953. The monoisotopic (exact) mass is 287 g/mol. The maximum absolute atomic E-state index is 12.2. The third-order valence-electron chi connectivity index (χ3n) is 3.29. The Hall–Kier alpha value is -2.37. The van der Waals surface area contributed by atoms with Gasteiger partial charge >= 0.3 is 0 Å². The maximum atomic E-state index is 12.2. The van der Waals surface area contributed by atoms with Gasteiger partial charge in [-0.3, -0.25) is 4.79 Å². The number of hydrogen-bond donors (Lipinski definition) is 2. The van der Waals surface area contributed by atoms with E-state index in [2.05, 4.69) is 20.8 Å². The zero-order chi connectivity index (χ0) is 15.2. The van der Waals surface area contributed by atoms with Crippen LogP contribution < -0.4 is 10.6 Å². The van der Waals surface area contributed by atoms with Crippen molar-refractivity contribution >= 4 is 11.6 Å². The Morgan fingerprint density at radius 2 is 2.19 bits per heavy atom. The van der Waals surface area contributed by atoms with Crippen molar-refractivity contribution < 1.29 is 4.79 Å². The lowest BCUT2D eigenvalue weighted by Gasteiger charge is -2.10. The second-order valence-electron chi connectivity index (χ2n) is 4.92. The summed E-state index contributed by atoms with van der Waals surface area (Å²) in [4.78, 5) is 12.2. The van der Waals surface area contributed by atoms with Crippen molar-refractivity contribution in [3.05, 3.63) is 41.5 Å². The molecular weight excluding hydrogens is 266 g/mol. The number of anilines is 1. The van der Waals surface area contributed by atoms with Crippen LogP contribution in [0.2, 0.25) is 0 Å². The molecule has 1 heterocycles. The van der Waals surface area contributed by atoms with Gasteiger partial charge in [0.1, 0.15) is 12.2 Å². The average Bonchev–Trinajstić information content (AvgIpc) is 2.85. The average molecular weight is 287 g/mol. The summed E-state index contributed by atoms with van der Waals surface area (Å²) in [5.41, 5.74) is 2.70. The number of hydrogen-bond acceptors (Lipinski definition) is 4. The molecule has 2 rings (SSSR count). The molecule has 6 heteroatoms. The smallest absolute Gasteiger partial charge is 0.251 e. The van der Waals surface area contributed by atoms with Gasteiger partial charge in [-0.1, -0.05) is 0 Å². The molecule has 6 nitrogen and oxygen atoms in total. The van der Waals surface area contributed by atoms with E-state index in [9.17, 15) is 4.79 Å². The normalized spacial score (nSPS) is 10.4. The first-order chi connectivity index (χ1) is 10.1. The molecule has 0 aliphatic rings. The zero-order valence-corrected chi connectivity index (χ0v) is 12.7. The molecule has 0 radical (unpaired) electrons. The summed E-state index contributed by atoms with van der Waals surface area (Å²) >= 11 is 0. The number of aromatic nitrogens is 3. The van der Waals surface area contributed by atoms with E-state index in [4.69, 9.17) is 0 Å². The number of carbonyl (C=O) groups excluding carboxylic acids is 1. The van der Waals surface area contributed by atoms with Crippen molar-refractivity contribution in [2.75, 3.05) is 18.4 Å². The van der Waals surface area contributed by atoms with Crippen molar-refractivity contribution in [3.8, 4) is 0 Å². The van der Waals surface area contributed by atoms with Crippen LogP contribution in [0.4, 0.5) is 5.69 Å². The van der Waals surface area contributed by atoms with Gasteiger partial charge < -0.3 is 15.2 Å². The second kappa shape index (κ2) is 6.88. The van der Waals surface area contributed by atoms with Crippen molar-refractivity contribution in [2.45, 2.75) is 20.3 Å². The van der Waals surface area contributed by atoms with E-state index in [0.717, 1.165) is 23.6 Å². The molecule has 0 aliphatic carbocycles. The van der Waals surface area contributed by atoms with Crippen molar-refractivity contribution in [3.63, 3.8) is 0 Å². The van der Waals surface area contributed by atoms with Crippen LogP contribution in [0.5, 0.6) is 0 Å². The minimum absolute atomic E-state index is 0.0577. The molecule has 2 N–H and O–H groups in total. The van der Waals surface area contributed by atoms with E-state index in [1.54, 1.807) is 6.33 Å². The number of aryl methyl sites for hydroxylation is 2. The van der Waals surface area contributed by atoms with Crippen LogP contribution in [-0.4, -0.2) is 33.8 Å². The third kappa shape index (κ3) is 3.81. The van der Waals surface area contributed by atoms with Gasteiger partial charge in [0.25, 0.3) is 5.91 Å². The van der Waals surface area contributed by atoms with Crippen LogP contribution in [0, 0.1) is 6.92 Å². The fourth-order valence-electron chi connectivity index (χ4n) is 2.15. The number of carbonyl (C=O) groups is 1. The third-order valence-corrected chi connectivity index (χ3v) is 3.29. The van der Waals surface area contributed by atoms with Crippen LogP contribution in [0.3, 0.4) is 0 Å². The molecule has 112 valence electrons. The molecule has 0 saturated heterocycles. The van der Waals surface area contributed by atoms with Crippen molar-refractivity contribution in [1.29, 1.82) is 0 Å². The highest BCUT2D eigenvalue weighted by molar-refractivity contribution is 5.96. The van der Waals surface area contributed by atoms with E-state index in [1.165, 1.54) is 0 Å². The Morgan fingerprint density at radius 1 is 1.38 bits per heavy atom. The highest BCUT2D eigenvalue weighted by atomic mass is 16.1. The lowest BCUT2D eigenvalue weighted by Crippen LogP contribution is -2.27. The summed E-state index contributed by atoms with van der Waals surface area (Å²) in [6.45, 7) is 5.39. The largest absolute Gasteiger partial charge is 0.385 e. The molecule has 0 fully saturated rings. The van der Waals surface area contributed by atoms with Gasteiger partial charge in [-0.2, -0.15) is 0 Å². The van der Waals surface area contributed by atoms with E-state index in [0.29, 0.717) is 18.5 Å². The number of rotatable bonds is 6. The van der Waals surface area contributed by atoms with E-state index >= 15 is 0 Å². The lowest BCUT2D eigenvalue weighted by atomic mass is 10.1. The maximum Gasteiger partial charge on any atom is 0.251 e. The summed E-state index contributed by atoms with van der Waals surface area (Å²) in [5.74, 6) is 0.798. The van der Waals surface area contributed by atoms with Gasteiger partial charge in [-0.05, 0) is 37.6 Å². The SMILES string of the molecule is CCNc1ccc(C(=O)NCCc2nncn2C)c(C)c1. The predicted octanol–water partition coefficient (Wildman–Crippen LogP) is 1.53. The highest BCUT2D eigenvalue weighted by Gasteiger charge is 2.09. The van der Waals surface area contributed by atoms with Gasteiger partial charge in [-0.25, -0.2) is 0 Å². The highest BCUT2D eigenvalue weighted by Crippen LogP contribution is 2.15. The Morgan fingerprint density at radius 3 is 2.81 bits per heavy atom. The molecule has 2 aromatic rings. The fraction of sp³-hybridized carbons (Fsp3) is 0.400. The van der Waals surface area contributed by atoms with Crippen molar-refractivity contribution in [1.82, 2.24) is 20.1 Å². The second-order valence-corrected chi connectivity index (χ2v) is 4.92. The standard InChI is InChI=1S/C15H21N5O/c1-4-16-12-5-6-13(11(2)9-12)15(21)17-8-7-14-19-18-10-20(14)3/h5-6,9-10,16H,4,7-8H2,1-3H3,(H,17,21). The van der Waals surface area contributed by atoms with E-state index in [-0.39, 0.29) is 5.91 Å². The topological polar surface area (TPSA) is 71.8 Å². The molecule has 0 bridgehead atoms. The van der Waals surface area contributed by atoms with E-state index < -0.39 is 0 Å². The first-order valence-electron chi connectivity index (χ1n) is 7.07. The molecule has 0 saturated carbocycles. The predicted molar refractivity (Wildman–Crippen MR) is 82.4 cm³/mol. The molecule has 1 amide bonds. The molecule has 1 aromatic heterocycles. The van der Waals surface area contributed by atoms with Crippen LogP contribution in [0.1, 0.15) is 28.7 Å². The first kappa shape index (κ1) is 15.0. The Labute approximate surface area is 124 Å². The Bertz CT molecular complexity index is 620. The van der Waals surface area contributed by atoms with Crippen LogP contribution in [-0.2, 0) is 13.5 Å².